The molecule has 28 heavy (non-hydrogen) atoms. The minimum absolute atomic E-state index is 0.477. The van der Waals surface area contributed by atoms with Crippen molar-refractivity contribution < 1.29 is 9.47 Å². The highest BCUT2D eigenvalue weighted by molar-refractivity contribution is 7.80. The minimum Gasteiger partial charge on any atom is -0.493 e. The highest BCUT2D eigenvalue weighted by Gasteiger charge is 2.10. The average Bonchev–Trinajstić information content (AvgIpc) is 2.72. The number of methoxy groups -OCH3 is 1. The summed E-state index contributed by atoms with van der Waals surface area (Å²) in [4.78, 5) is 0.628. The third-order valence-corrected chi connectivity index (χ3v) is 5.09. The molecule has 0 aliphatic heterocycles. The van der Waals surface area contributed by atoms with Gasteiger partial charge < -0.3 is 14.8 Å². The Labute approximate surface area is 176 Å². The Morgan fingerprint density at radius 1 is 1.00 bits per heavy atom. The number of hydrogen-bond acceptors (Lipinski definition) is 3. The molecule has 3 aromatic carbocycles. The summed E-state index contributed by atoms with van der Waals surface area (Å²) in [5.41, 5.74) is 4.19. The molecular weight excluding hydrogens is 390 g/mol. The fourth-order valence-corrected chi connectivity index (χ4v) is 3.09. The number of aryl methyl sites for hydroxylation is 1. The molecule has 0 aliphatic rings. The van der Waals surface area contributed by atoms with Gasteiger partial charge in [0.05, 0.1) is 7.11 Å². The average molecular weight is 412 g/mol. The van der Waals surface area contributed by atoms with Crippen molar-refractivity contribution in [2.24, 2.45) is 0 Å². The van der Waals surface area contributed by atoms with Gasteiger partial charge in [-0.25, -0.2) is 0 Å². The van der Waals surface area contributed by atoms with Crippen LogP contribution in [-0.2, 0) is 13.2 Å². The Kier molecular flexibility index (Phi) is 6.90. The first-order chi connectivity index (χ1) is 13.6. The number of hydrogen-bond donors (Lipinski definition) is 1. The molecule has 0 unspecified atom stereocenters. The predicted molar refractivity (Wildman–Crippen MR) is 118 cm³/mol. The lowest BCUT2D eigenvalue weighted by Gasteiger charge is -2.14. The SMILES string of the molecule is COc1cc(C(=S)NCc2ccccc2Cl)ccc1OCc1ccc(C)cc1. The maximum Gasteiger partial charge on any atom is 0.161 e. The first-order valence-corrected chi connectivity index (χ1v) is 9.73. The molecule has 3 nitrogen and oxygen atoms in total. The van der Waals surface area contributed by atoms with Crippen LogP contribution in [0.2, 0.25) is 5.02 Å². The van der Waals surface area contributed by atoms with Gasteiger partial charge in [0, 0.05) is 17.1 Å². The second kappa shape index (κ2) is 9.58. The third kappa shape index (κ3) is 5.24. The van der Waals surface area contributed by atoms with Crippen molar-refractivity contribution in [2.45, 2.75) is 20.1 Å². The van der Waals surface area contributed by atoms with E-state index in [9.17, 15) is 0 Å². The lowest BCUT2D eigenvalue weighted by Crippen LogP contribution is -2.21. The van der Waals surface area contributed by atoms with Crippen LogP contribution in [0.1, 0.15) is 22.3 Å². The fraction of sp³-hybridized carbons (Fsp3) is 0.174. The fourth-order valence-electron chi connectivity index (χ4n) is 2.69. The molecule has 0 amide bonds. The summed E-state index contributed by atoms with van der Waals surface area (Å²) in [6.07, 6.45) is 0. The number of thiocarbonyl (C=S) groups is 1. The highest BCUT2D eigenvalue weighted by Crippen LogP contribution is 2.29. The smallest absolute Gasteiger partial charge is 0.161 e. The Morgan fingerprint density at radius 3 is 2.46 bits per heavy atom. The molecule has 144 valence electrons. The van der Waals surface area contributed by atoms with Gasteiger partial charge in [0.25, 0.3) is 0 Å². The summed E-state index contributed by atoms with van der Waals surface area (Å²) in [7, 11) is 1.62. The van der Waals surface area contributed by atoms with Crippen LogP contribution < -0.4 is 14.8 Å². The molecule has 0 aliphatic carbocycles. The molecule has 0 spiro atoms. The van der Waals surface area contributed by atoms with Crippen molar-refractivity contribution in [3.05, 3.63) is 94.0 Å². The quantitative estimate of drug-likeness (QED) is 0.505. The van der Waals surface area contributed by atoms with E-state index in [2.05, 4.69) is 36.5 Å². The van der Waals surface area contributed by atoms with E-state index in [0.717, 1.165) is 21.7 Å². The van der Waals surface area contributed by atoms with Crippen LogP contribution in [0.3, 0.4) is 0 Å². The maximum absolute atomic E-state index is 6.20. The van der Waals surface area contributed by atoms with Crippen LogP contribution in [0.25, 0.3) is 0 Å². The second-order valence-corrected chi connectivity index (χ2v) is 7.23. The monoisotopic (exact) mass is 411 g/mol. The summed E-state index contributed by atoms with van der Waals surface area (Å²) < 4.78 is 11.4. The minimum atomic E-state index is 0.477. The van der Waals surface area contributed by atoms with Gasteiger partial charge in [-0.2, -0.15) is 0 Å². The van der Waals surface area contributed by atoms with Crippen molar-refractivity contribution in [1.82, 2.24) is 5.32 Å². The molecule has 0 atom stereocenters. The highest BCUT2D eigenvalue weighted by atomic mass is 35.5. The van der Waals surface area contributed by atoms with Gasteiger partial charge in [-0.3, -0.25) is 0 Å². The van der Waals surface area contributed by atoms with Crippen LogP contribution in [0.5, 0.6) is 11.5 Å². The van der Waals surface area contributed by atoms with Crippen LogP contribution in [0.15, 0.2) is 66.7 Å². The lowest BCUT2D eigenvalue weighted by atomic mass is 10.1. The van der Waals surface area contributed by atoms with Crippen molar-refractivity contribution >= 4 is 28.8 Å². The second-order valence-electron chi connectivity index (χ2n) is 6.41. The molecule has 0 bridgehead atoms. The summed E-state index contributed by atoms with van der Waals surface area (Å²) in [6, 6.07) is 21.6. The van der Waals surface area contributed by atoms with Gasteiger partial charge in [0.1, 0.15) is 11.6 Å². The van der Waals surface area contributed by atoms with E-state index in [1.165, 1.54) is 5.56 Å². The van der Waals surface area contributed by atoms with Crippen molar-refractivity contribution in [2.75, 3.05) is 7.11 Å². The summed E-state index contributed by atoms with van der Waals surface area (Å²) in [5.74, 6) is 1.33. The molecule has 0 fully saturated rings. The molecule has 5 heteroatoms. The van der Waals surface area contributed by atoms with E-state index in [-0.39, 0.29) is 0 Å². The van der Waals surface area contributed by atoms with E-state index in [1.54, 1.807) is 7.11 Å². The van der Waals surface area contributed by atoms with Gasteiger partial charge in [0.2, 0.25) is 0 Å². The molecule has 0 saturated heterocycles. The lowest BCUT2D eigenvalue weighted by molar-refractivity contribution is 0.284. The van der Waals surface area contributed by atoms with E-state index >= 15 is 0 Å². The maximum atomic E-state index is 6.20. The molecule has 3 aromatic rings. The first kappa shape index (κ1) is 20.2. The van der Waals surface area contributed by atoms with Crippen molar-refractivity contribution in [3.63, 3.8) is 0 Å². The van der Waals surface area contributed by atoms with Gasteiger partial charge in [-0.15, -0.1) is 0 Å². The first-order valence-electron chi connectivity index (χ1n) is 8.95. The molecule has 0 radical (unpaired) electrons. The van der Waals surface area contributed by atoms with Crippen molar-refractivity contribution in [3.8, 4) is 11.5 Å². The molecule has 3 rings (SSSR count). The third-order valence-electron chi connectivity index (χ3n) is 4.34. The Morgan fingerprint density at radius 2 is 1.75 bits per heavy atom. The van der Waals surface area contributed by atoms with Crippen LogP contribution in [-0.4, -0.2) is 12.1 Å². The van der Waals surface area contributed by atoms with Gasteiger partial charge in [0.15, 0.2) is 11.5 Å². The van der Waals surface area contributed by atoms with Crippen LogP contribution >= 0.6 is 23.8 Å². The number of ether oxygens (including phenoxy) is 2. The molecule has 1 N–H and O–H groups in total. The Hall–Kier alpha value is -2.56. The predicted octanol–water partition coefficient (Wildman–Crippen LogP) is 5.70. The summed E-state index contributed by atoms with van der Waals surface area (Å²) in [6.45, 7) is 3.10. The van der Waals surface area contributed by atoms with E-state index in [4.69, 9.17) is 33.3 Å². The Bertz CT molecular complexity index is 957. The van der Waals surface area contributed by atoms with Crippen LogP contribution in [0, 0.1) is 6.92 Å². The van der Waals surface area contributed by atoms with Crippen LogP contribution in [0.4, 0.5) is 0 Å². The zero-order chi connectivity index (χ0) is 19.9. The summed E-state index contributed by atoms with van der Waals surface area (Å²) >= 11 is 11.7. The Balaban J connectivity index is 1.65. The molecular formula is C23H22ClNO2S. The van der Waals surface area contributed by atoms with Gasteiger partial charge in [-0.05, 0) is 42.3 Å². The zero-order valence-corrected chi connectivity index (χ0v) is 17.4. The van der Waals surface area contributed by atoms with E-state index < -0.39 is 0 Å². The summed E-state index contributed by atoms with van der Waals surface area (Å²) in [5, 5.41) is 3.96. The van der Waals surface area contributed by atoms with Gasteiger partial charge >= 0.3 is 0 Å². The normalized spacial score (nSPS) is 10.4. The number of rotatable bonds is 7. The molecule has 0 heterocycles. The number of halogens is 1. The topological polar surface area (TPSA) is 30.5 Å². The zero-order valence-electron chi connectivity index (χ0n) is 15.9. The van der Waals surface area contributed by atoms with Crippen molar-refractivity contribution in [1.29, 1.82) is 0 Å². The van der Waals surface area contributed by atoms with E-state index in [1.807, 2.05) is 42.5 Å². The van der Waals surface area contributed by atoms with E-state index in [0.29, 0.717) is 29.6 Å². The standard InChI is InChI=1S/C23H22ClNO2S/c1-16-7-9-17(10-8-16)15-27-21-12-11-18(13-22(21)26-2)23(28)25-14-19-5-3-4-6-20(19)24/h3-13H,14-15H2,1-2H3,(H,25,28). The largest absolute Gasteiger partial charge is 0.493 e. The molecule has 0 aromatic heterocycles. The molecule has 0 saturated carbocycles. The number of nitrogens with one attached hydrogen (secondary N) is 1. The van der Waals surface area contributed by atoms with Gasteiger partial charge in [-0.1, -0.05) is 71.8 Å². The number of benzene rings is 3.